The zero-order valence-corrected chi connectivity index (χ0v) is 16.5. The lowest BCUT2D eigenvalue weighted by atomic mass is 10.0. The highest BCUT2D eigenvalue weighted by molar-refractivity contribution is 5.50. The number of alkyl halides is 2. The topological polar surface area (TPSA) is 59.5 Å². The molecule has 1 aromatic heterocycles. The molecule has 158 valence electrons. The van der Waals surface area contributed by atoms with E-state index >= 15 is 0 Å². The zero-order chi connectivity index (χ0) is 20.8. The Morgan fingerprint density at radius 3 is 2.69 bits per heavy atom. The number of rotatable bonds is 8. The Kier molecular flexibility index (Phi) is 7.27. The first-order chi connectivity index (χ1) is 14.0. The van der Waals surface area contributed by atoms with Crippen LogP contribution in [0.1, 0.15) is 36.3 Å². The van der Waals surface area contributed by atoms with Gasteiger partial charge in [-0.25, -0.2) is 23.1 Å². The number of benzene rings is 1. The second-order valence-electron chi connectivity index (χ2n) is 6.85. The number of hydrogen-bond donors (Lipinski definition) is 1. The van der Waals surface area contributed by atoms with Gasteiger partial charge in [-0.2, -0.15) is 0 Å². The van der Waals surface area contributed by atoms with E-state index in [0.717, 1.165) is 25.7 Å². The molecule has 2 aromatic rings. The number of aromatic nitrogens is 2. The van der Waals surface area contributed by atoms with Gasteiger partial charge in [0.15, 0.2) is 11.6 Å². The van der Waals surface area contributed by atoms with Crippen molar-refractivity contribution < 1.29 is 22.6 Å². The zero-order valence-electron chi connectivity index (χ0n) is 16.5. The Morgan fingerprint density at radius 1 is 1.24 bits per heavy atom. The molecule has 9 heteroatoms. The Bertz CT molecular complexity index is 816. The van der Waals surface area contributed by atoms with Crippen LogP contribution in [0.4, 0.5) is 19.0 Å². The van der Waals surface area contributed by atoms with E-state index in [-0.39, 0.29) is 5.56 Å². The van der Waals surface area contributed by atoms with Gasteiger partial charge < -0.3 is 14.8 Å². The molecule has 0 unspecified atom stereocenters. The third-order valence-electron chi connectivity index (χ3n) is 4.76. The number of anilines is 1. The third-order valence-corrected chi connectivity index (χ3v) is 4.76. The number of halogens is 3. The molecular formula is C20H25F3N4O2. The van der Waals surface area contributed by atoms with Gasteiger partial charge in [0, 0.05) is 25.2 Å². The Hall–Kier alpha value is -2.39. The van der Waals surface area contributed by atoms with Gasteiger partial charge >= 0.3 is 0 Å². The Balaban J connectivity index is 1.69. The summed E-state index contributed by atoms with van der Waals surface area (Å²) in [4.78, 5) is 10.7. The molecule has 6 nitrogen and oxygen atoms in total. The molecule has 0 saturated carbocycles. The first-order valence-electron chi connectivity index (χ1n) is 9.55. The van der Waals surface area contributed by atoms with E-state index in [1.165, 1.54) is 12.1 Å². The number of hydrogen-bond acceptors (Lipinski definition) is 6. The lowest BCUT2D eigenvalue weighted by Crippen LogP contribution is -2.38. The maximum atomic E-state index is 14.5. The molecule has 3 rings (SSSR count). The molecule has 0 aliphatic carbocycles. The Morgan fingerprint density at radius 2 is 1.97 bits per heavy atom. The molecule has 0 amide bonds. The van der Waals surface area contributed by atoms with Gasteiger partial charge in [-0.15, -0.1) is 0 Å². The normalized spacial score (nSPS) is 16.1. The summed E-state index contributed by atoms with van der Waals surface area (Å²) in [5.74, 6) is 0.431. The van der Waals surface area contributed by atoms with Crippen LogP contribution >= 0.6 is 0 Å². The lowest BCUT2D eigenvalue weighted by molar-refractivity contribution is 0.0322. The molecule has 2 heterocycles. The molecule has 1 aliphatic rings. The van der Waals surface area contributed by atoms with Crippen molar-refractivity contribution in [2.24, 2.45) is 0 Å². The van der Waals surface area contributed by atoms with Crippen LogP contribution in [0.25, 0.3) is 0 Å². The fourth-order valence-corrected chi connectivity index (χ4v) is 3.13. The van der Waals surface area contributed by atoms with Crippen molar-refractivity contribution >= 4 is 5.82 Å². The second-order valence-corrected chi connectivity index (χ2v) is 6.85. The number of nitrogens with zero attached hydrogens (tertiary/aromatic N) is 3. The summed E-state index contributed by atoms with van der Waals surface area (Å²) in [5.41, 5.74) is -0.477. The number of nitrogens with one attached hydrogen (secondary N) is 1. The summed E-state index contributed by atoms with van der Waals surface area (Å²) in [6.07, 6.45) is -1.31. The SMILES string of the molecule is Cc1ncc(OCCN2CCOCC2)c(N[C@H](C)c2cccc(C(F)F)c2F)n1. The van der Waals surface area contributed by atoms with Gasteiger partial charge in [-0.3, -0.25) is 4.90 Å². The average molecular weight is 410 g/mol. The molecule has 1 aromatic carbocycles. The maximum absolute atomic E-state index is 14.5. The van der Waals surface area contributed by atoms with Gasteiger partial charge in [0.05, 0.1) is 31.0 Å². The van der Waals surface area contributed by atoms with E-state index in [9.17, 15) is 13.2 Å². The van der Waals surface area contributed by atoms with Crippen LogP contribution in [0.2, 0.25) is 0 Å². The van der Waals surface area contributed by atoms with Crippen LogP contribution in [-0.2, 0) is 4.74 Å². The standard InChI is InChI=1S/C20H25F3N4O2/c1-13(15-4-3-5-16(18(15)21)19(22)23)25-20-17(12-24-14(2)26-20)29-11-8-27-6-9-28-10-7-27/h3-5,12-13,19H,6-11H2,1-2H3,(H,24,25,26)/t13-/m1/s1. The minimum atomic E-state index is -2.87. The highest BCUT2D eigenvalue weighted by Crippen LogP contribution is 2.30. The quantitative estimate of drug-likeness (QED) is 0.715. The number of aryl methyl sites for hydroxylation is 1. The van der Waals surface area contributed by atoms with Crippen LogP contribution < -0.4 is 10.1 Å². The lowest BCUT2D eigenvalue weighted by Gasteiger charge is -2.26. The van der Waals surface area contributed by atoms with Gasteiger partial charge in [0.25, 0.3) is 6.43 Å². The van der Waals surface area contributed by atoms with Gasteiger partial charge in [-0.1, -0.05) is 18.2 Å². The summed E-state index contributed by atoms with van der Waals surface area (Å²) in [5, 5.41) is 3.07. The fourth-order valence-electron chi connectivity index (χ4n) is 3.13. The average Bonchev–Trinajstić information content (AvgIpc) is 2.70. The van der Waals surface area contributed by atoms with Crippen LogP contribution in [0, 0.1) is 12.7 Å². The summed E-state index contributed by atoms with van der Waals surface area (Å²) < 4.78 is 51.6. The summed E-state index contributed by atoms with van der Waals surface area (Å²) in [6, 6.07) is 3.39. The highest BCUT2D eigenvalue weighted by Gasteiger charge is 2.21. The van der Waals surface area contributed by atoms with Crippen molar-refractivity contribution in [1.82, 2.24) is 14.9 Å². The van der Waals surface area contributed by atoms with E-state index in [1.807, 2.05) is 0 Å². The molecule has 1 saturated heterocycles. The first kappa shape index (κ1) is 21.3. The predicted octanol–water partition coefficient (Wildman–Crippen LogP) is 3.75. The molecule has 1 fully saturated rings. The summed E-state index contributed by atoms with van der Waals surface area (Å²) in [6.45, 7) is 7.71. The number of ether oxygens (including phenoxy) is 2. The molecule has 0 spiro atoms. The van der Waals surface area contributed by atoms with Crippen LogP contribution in [0.5, 0.6) is 5.75 Å². The van der Waals surface area contributed by atoms with Crippen molar-refractivity contribution in [3.63, 3.8) is 0 Å². The third kappa shape index (κ3) is 5.57. The summed E-state index contributed by atoms with van der Waals surface area (Å²) in [7, 11) is 0. The van der Waals surface area contributed by atoms with Gasteiger partial charge in [0.1, 0.15) is 18.2 Å². The molecule has 1 N–H and O–H groups in total. The largest absolute Gasteiger partial charge is 0.487 e. The second kappa shape index (κ2) is 9.89. The predicted molar refractivity (Wildman–Crippen MR) is 103 cm³/mol. The van der Waals surface area contributed by atoms with Crippen LogP contribution in [-0.4, -0.2) is 54.3 Å². The van der Waals surface area contributed by atoms with E-state index in [2.05, 4.69) is 20.2 Å². The minimum Gasteiger partial charge on any atom is -0.487 e. The van der Waals surface area contributed by atoms with E-state index in [0.29, 0.717) is 37.2 Å². The molecule has 1 atom stereocenters. The fraction of sp³-hybridized carbons (Fsp3) is 0.500. The van der Waals surface area contributed by atoms with Gasteiger partial charge in [-0.05, 0) is 13.8 Å². The van der Waals surface area contributed by atoms with Crippen molar-refractivity contribution in [2.75, 3.05) is 44.8 Å². The minimum absolute atomic E-state index is 0.137. The van der Waals surface area contributed by atoms with Crippen LogP contribution in [0.15, 0.2) is 24.4 Å². The van der Waals surface area contributed by atoms with Crippen molar-refractivity contribution in [3.05, 3.63) is 47.2 Å². The Labute approximate surface area is 168 Å². The van der Waals surface area contributed by atoms with E-state index in [1.54, 1.807) is 20.0 Å². The number of morpholine rings is 1. The highest BCUT2D eigenvalue weighted by atomic mass is 19.3. The van der Waals surface area contributed by atoms with Crippen molar-refractivity contribution in [2.45, 2.75) is 26.3 Å². The summed E-state index contributed by atoms with van der Waals surface area (Å²) >= 11 is 0. The first-order valence-corrected chi connectivity index (χ1v) is 9.55. The van der Waals surface area contributed by atoms with E-state index < -0.39 is 23.8 Å². The molecule has 0 radical (unpaired) electrons. The van der Waals surface area contributed by atoms with Crippen molar-refractivity contribution in [1.29, 1.82) is 0 Å². The van der Waals surface area contributed by atoms with E-state index in [4.69, 9.17) is 9.47 Å². The maximum Gasteiger partial charge on any atom is 0.266 e. The van der Waals surface area contributed by atoms with Gasteiger partial charge in [0.2, 0.25) is 0 Å². The molecule has 29 heavy (non-hydrogen) atoms. The molecular weight excluding hydrogens is 385 g/mol. The monoisotopic (exact) mass is 410 g/mol. The van der Waals surface area contributed by atoms with Crippen LogP contribution in [0.3, 0.4) is 0 Å². The molecule has 0 bridgehead atoms. The molecule has 1 aliphatic heterocycles. The van der Waals surface area contributed by atoms with Crippen molar-refractivity contribution in [3.8, 4) is 5.75 Å². The smallest absolute Gasteiger partial charge is 0.266 e.